The highest BCUT2D eigenvalue weighted by Crippen LogP contribution is 2.29. The molecule has 0 atom stereocenters. The van der Waals surface area contributed by atoms with Gasteiger partial charge in [0, 0.05) is 0 Å². The molecule has 1 aliphatic rings. The van der Waals surface area contributed by atoms with Crippen LogP contribution in [-0.4, -0.2) is 12.4 Å². The maximum atomic E-state index is 12.1. The lowest BCUT2D eigenvalue weighted by Crippen LogP contribution is -2.37. The van der Waals surface area contributed by atoms with Gasteiger partial charge >= 0.3 is 0 Å². The van der Waals surface area contributed by atoms with Gasteiger partial charge in [-0.15, -0.1) is 0 Å². The van der Waals surface area contributed by atoms with Gasteiger partial charge in [0.05, 0.1) is 0 Å². The standard InChI is InChI=1S/C17H15BO/c1-12-7-3-5-9-15(12)17-11-14-8-4-6-10-16(14)18(17)13(2)19/h3-11H,1-2H3. The van der Waals surface area contributed by atoms with E-state index in [-0.39, 0.29) is 12.4 Å². The second-order valence-electron chi connectivity index (χ2n) is 5.09. The molecule has 2 aromatic rings. The minimum absolute atomic E-state index is 0.114. The Labute approximate surface area is 114 Å². The third kappa shape index (κ3) is 1.93. The number of carbonyl (C=O) groups excluding carboxylic acids is 1. The second kappa shape index (κ2) is 4.54. The number of rotatable bonds is 2. The van der Waals surface area contributed by atoms with Crippen molar-refractivity contribution >= 4 is 29.4 Å². The van der Waals surface area contributed by atoms with Crippen molar-refractivity contribution in [3.8, 4) is 0 Å². The van der Waals surface area contributed by atoms with Crippen molar-refractivity contribution in [2.45, 2.75) is 13.8 Å². The third-order valence-electron chi connectivity index (χ3n) is 3.79. The van der Waals surface area contributed by atoms with Gasteiger partial charge in [0.25, 0.3) is 6.71 Å². The van der Waals surface area contributed by atoms with Gasteiger partial charge in [-0.25, -0.2) is 0 Å². The van der Waals surface area contributed by atoms with Crippen molar-refractivity contribution < 1.29 is 4.79 Å². The van der Waals surface area contributed by atoms with Crippen LogP contribution in [0, 0.1) is 6.92 Å². The molecular weight excluding hydrogens is 231 g/mol. The first kappa shape index (κ1) is 12.0. The first-order valence-electron chi connectivity index (χ1n) is 6.55. The fourth-order valence-corrected chi connectivity index (χ4v) is 2.89. The van der Waals surface area contributed by atoms with Crippen LogP contribution in [0.1, 0.15) is 23.6 Å². The van der Waals surface area contributed by atoms with Crippen LogP contribution < -0.4 is 5.46 Å². The van der Waals surface area contributed by atoms with Crippen LogP contribution in [0.4, 0.5) is 0 Å². The highest BCUT2D eigenvalue weighted by atomic mass is 16.1. The molecule has 1 heterocycles. The largest absolute Gasteiger partial charge is 0.310 e. The predicted octanol–water partition coefficient (Wildman–Crippen LogP) is 2.92. The lowest BCUT2D eigenvalue weighted by Gasteiger charge is -2.12. The molecule has 0 aromatic heterocycles. The molecule has 92 valence electrons. The number of benzene rings is 2. The van der Waals surface area contributed by atoms with Gasteiger partial charge in [-0.3, -0.25) is 0 Å². The molecule has 0 unspecified atom stereocenters. The van der Waals surface area contributed by atoms with Gasteiger partial charge in [-0.05, 0) is 30.5 Å². The van der Waals surface area contributed by atoms with Gasteiger partial charge in [0.2, 0.25) is 0 Å². The average molecular weight is 246 g/mol. The van der Waals surface area contributed by atoms with Crippen LogP contribution in [0.25, 0.3) is 11.5 Å². The quantitative estimate of drug-likeness (QED) is 0.744. The number of carbonyl (C=O) groups is 1. The zero-order valence-electron chi connectivity index (χ0n) is 11.2. The Kier molecular flexibility index (Phi) is 2.86. The molecule has 0 aliphatic carbocycles. The normalized spacial score (nSPS) is 13.2. The summed E-state index contributed by atoms with van der Waals surface area (Å²) in [5.74, 6) is 0. The molecule has 0 N–H and O–H groups in total. The molecular formula is C17H15BO. The van der Waals surface area contributed by atoms with E-state index in [0.29, 0.717) is 0 Å². The van der Waals surface area contributed by atoms with Crippen LogP contribution in [0.3, 0.4) is 0 Å². The Bertz CT molecular complexity index is 685. The van der Waals surface area contributed by atoms with Gasteiger partial charge < -0.3 is 4.79 Å². The fraction of sp³-hybridized carbons (Fsp3) is 0.118. The van der Waals surface area contributed by atoms with Gasteiger partial charge in [0.15, 0.2) is 0 Å². The number of aryl methyl sites for hydroxylation is 1. The summed E-state index contributed by atoms with van der Waals surface area (Å²) < 4.78 is 0. The van der Waals surface area contributed by atoms with E-state index >= 15 is 0 Å². The summed E-state index contributed by atoms with van der Waals surface area (Å²) in [6, 6.07) is 16.4. The fourth-order valence-electron chi connectivity index (χ4n) is 2.89. The molecule has 2 aromatic carbocycles. The summed E-state index contributed by atoms with van der Waals surface area (Å²) in [6.45, 7) is 3.66. The van der Waals surface area contributed by atoms with Crippen molar-refractivity contribution in [1.82, 2.24) is 0 Å². The average Bonchev–Trinajstić information content (AvgIpc) is 2.78. The Hall–Kier alpha value is -2.09. The summed E-state index contributed by atoms with van der Waals surface area (Å²) in [5, 5.41) is 0. The molecule has 0 fully saturated rings. The van der Waals surface area contributed by atoms with Gasteiger partial charge in [-0.2, -0.15) is 0 Å². The molecule has 0 radical (unpaired) electrons. The molecule has 19 heavy (non-hydrogen) atoms. The van der Waals surface area contributed by atoms with Crippen LogP contribution in [0.5, 0.6) is 0 Å². The minimum atomic E-state index is -0.114. The summed E-state index contributed by atoms with van der Waals surface area (Å²) in [5.41, 5.74) is 6.03. The third-order valence-corrected chi connectivity index (χ3v) is 3.79. The smallest absolute Gasteiger partial charge is 0.289 e. The molecule has 0 saturated heterocycles. The Morgan fingerprint density at radius 3 is 2.42 bits per heavy atom. The SMILES string of the molecule is CC(=O)B1C(c2ccccc2C)=Cc2ccccc21. The van der Waals surface area contributed by atoms with E-state index < -0.39 is 0 Å². The van der Waals surface area contributed by atoms with Gasteiger partial charge in [0.1, 0.15) is 5.68 Å². The Morgan fingerprint density at radius 1 is 1.00 bits per heavy atom. The van der Waals surface area contributed by atoms with Crippen LogP contribution >= 0.6 is 0 Å². The van der Waals surface area contributed by atoms with Crippen LogP contribution in [-0.2, 0) is 4.79 Å². The van der Waals surface area contributed by atoms with E-state index in [1.807, 2.05) is 24.3 Å². The van der Waals surface area contributed by atoms with Crippen molar-refractivity contribution in [2.75, 3.05) is 0 Å². The molecule has 1 nitrogen and oxygen atoms in total. The lowest BCUT2D eigenvalue weighted by atomic mass is 9.38. The second-order valence-corrected chi connectivity index (χ2v) is 5.09. The van der Waals surface area contributed by atoms with Crippen LogP contribution in [0.2, 0.25) is 0 Å². The lowest BCUT2D eigenvalue weighted by molar-refractivity contribution is -0.110. The maximum absolute atomic E-state index is 12.1. The first-order valence-corrected chi connectivity index (χ1v) is 6.55. The maximum Gasteiger partial charge on any atom is 0.289 e. The number of hydrogen-bond donors (Lipinski definition) is 0. The summed E-state index contributed by atoms with van der Waals surface area (Å²) in [6.07, 6.45) is 2.16. The highest BCUT2D eigenvalue weighted by Gasteiger charge is 2.34. The molecule has 1 aliphatic heterocycles. The number of hydrogen-bond acceptors (Lipinski definition) is 1. The highest BCUT2D eigenvalue weighted by molar-refractivity contribution is 7.13. The van der Waals surface area contributed by atoms with Gasteiger partial charge in [-0.1, -0.05) is 65.5 Å². The topological polar surface area (TPSA) is 17.1 Å². The Balaban J connectivity index is 2.18. The molecule has 0 spiro atoms. The van der Waals surface area contributed by atoms with E-state index in [9.17, 15) is 4.79 Å². The number of fused-ring (bicyclic) bond motifs is 1. The van der Waals surface area contributed by atoms with Crippen LogP contribution in [0.15, 0.2) is 48.5 Å². The zero-order valence-corrected chi connectivity index (χ0v) is 11.2. The van der Waals surface area contributed by atoms with E-state index in [1.54, 1.807) is 6.92 Å². The molecule has 2 heteroatoms. The summed E-state index contributed by atoms with van der Waals surface area (Å²) >= 11 is 0. The van der Waals surface area contributed by atoms with E-state index in [4.69, 9.17) is 0 Å². The summed E-state index contributed by atoms with van der Waals surface area (Å²) in [7, 11) is 0. The molecule has 0 saturated carbocycles. The summed E-state index contributed by atoms with van der Waals surface area (Å²) in [4.78, 5) is 12.1. The van der Waals surface area contributed by atoms with Crippen molar-refractivity contribution in [3.63, 3.8) is 0 Å². The van der Waals surface area contributed by atoms with E-state index in [1.165, 1.54) is 16.7 Å². The Morgan fingerprint density at radius 2 is 1.68 bits per heavy atom. The van der Waals surface area contributed by atoms with Crippen molar-refractivity contribution in [1.29, 1.82) is 0 Å². The van der Waals surface area contributed by atoms with E-state index in [2.05, 4.69) is 37.3 Å². The minimum Gasteiger partial charge on any atom is -0.310 e. The molecule has 3 rings (SSSR count). The van der Waals surface area contributed by atoms with Crippen molar-refractivity contribution in [3.05, 3.63) is 65.2 Å². The first-order chi connectivity index (χ1) is 9.18. The van der Waals surface area contributed by atoms with Crippen molar-refractivity contribution in [2.24, 2.45) is 0 Å². The van der Waals surface area contributed by atoms with E-state index in [0.717, 1.165) is 10.9 Å². The predicted molar refractivity (Wildman–Crippen MR) is 81.6 cm³/mol. The molecule has 0 bridgehead atoms. The monoisotopic (exact) mass is 246 g/mol. The molecule has 0 amide bonds. The zero-order chi connectivity index (χ0) is 13.4.